The van der Waals surface area contributed by atoms with Gasteiger partial charge in [0.1, 0.15) is 21.9 Å². The van der Waals surface area contributed by atoms with E-state index in [0.717, 1.165) is 16.9 Å². The summed E-state index contributed by atoms with van der Waals surface area (Å²) in [6.45, 7) is 1.67. The van der Waals surface area contributed by atoms with Crippen LogP contribution < -0.4 is 9.47 Å². The highest BCUT2D eigenvalue weighted by Crippen LogP contribution is 2.37. The SMILES string of the molecule is COc1ccccc1Oc1ccc(-c2nc(C)c(C(=O)O)s2)cc1-n1cnnn1. The summed E-state index contributed by atoms with van der Waals surface area (Å²) in [5, 5.41) is 21.2. The lowest BCUT2D eigenvalue weighted by atomic mass is 10.2. The van der Waals surface area contributed by atoms with Crippen LogP contribution in [0.5, 0.6) is 17.2 Å². The minimum Gasteiger partial charge on any atom is -0.493 e. The Balaban J connectivity index is 1.79. The molecular weight excluding hydrogens is 394 g/mol. The molecule has 4 rings (SSSR count). The molecule has 0 fully saturated rings. The molecule has 0 saturated heterocycles. The lowest BCUT2D eigenvalue weighted by molar-refractivity contribution is 0.0701. The van der Waals surface area contributed by atoms with Gasteiger partial charge in [-0.05, 0) is 47.7 Å². The van der Waals surface area contributed by atoms with Crippen LogP contribution in [0.15, 0.2) is 48.8 Å². The van der Waals surface area contributed by atoms with Gasteiger partial charge in [-0.15, -0.1) is 16.4 Å². The number of methoxy groups -OCH3 is 1. The van der Waals surface area contributed by atoms with Crippen molar-refractivity contribution in [3.63, 3.8) is 0 Å². The molecule has 0 aliphatic carbocycles. The van der Waals surface area contributed by atoms with Crippen LogP contribution in [0.1, 0.15) is 15.4 Å². The number of hydrogen-bond donors (Lipinski definition) is 1. The van der Waals surface area contributed by atoms with Crippen LogP contribution in [-0.2, 0) is 0 Å². The maximum absolute atomic E-state index is 11.3. The van der Waals surface area contributed by atoms with E-state index in [1.165, 1.54) is 11.0 Å². The largest absolute Gasteiger partial charge is 0.493 e. The van der Waals surface area contributed by atoms with Gasteiger partial charge in [-0.2, -0.15) is 4.68 Å². The molecule has 29 heavy (non-hydrogen) atoms. The topological polar surface area (TPSA) is 112 Å². The Morgan fingerprint density at radius 1 is 1.14 bits per heavy atom. The molecule has 10 heteroatoms. The normalized spacial score (nSPS) is 10.7. The minimum absolute atomic E-state index is 0.207. The highest BCUT2D eigenvalue weighted by atomic mass is 32.1. The van der Waals surface area contributed by atoms with Crippen molar-refractivity contribution >= 4 is 17.3 Å². The van der Waals surface area contributed by atoms with Gasteiger partial charge in [-0.1, -0.05) is 12.1 Å². The number of carboxylic acid groups (broad SMARTS) is 1. The van der Waals surface area contributed by atoms with Crippen LogP contribution in [-0.4, -0.2) is 43.4 Å². The minimum atomic E-state index is -0.997. The summed E-state index contributed by atoms with van der Waals surface area (Å²) in [4.78, 5) is 15.9. The average Bonchev–Trinajstić information content (AvgIpc) is 3.38. The molecule has 0 spiro atoms. The van der Waals surface area contributed by atoms with E-state index in [1.54, 1.807) is 38.3 Å². The average molecular weight is 409 g/mol. The van der Waals surface area contributed by atoms with Gasteiger partial charge < -0.3 is 14.6 Å². The summed E-state index contributed by atoms with van der Waals surface area (Å²) in [7, 11) is 1.57. The zero-order valence-corrected chi connectivity index (χ0v) is 16.3. The Bertz CT molecular complexity index is 1170. The number of carbonyl (C=O) groups is 1. The van der Waals surface area contributed by atoms with E-state index in [9.17, 15) is 9.90 Å². The molecule has 0 amide bonds. The maximum atomic E-state index is 11.3. The molecule has 2 aromatic carbocycles. The van der Waals surface area contributed by atoms with Gasteiger partial charge in [-0.25, -0.2) is 9.78 Å². The number of benzene rings is 2. The molecule has 0 bridgehead atoms. The quantitative estimate of drug-likeness (QED) is 0.514. The van der Waals surface area contributed by atoms with Crippen molar-refractivity contribution in [3.8, 4) is 33.5 Å². The maximum Gasteiger partial charge on any atom is 0.347 e. The van der Waals surface area contributed by atoms with Crippen molar-refractivity contribution < 1.29 is 19.4 Å². The molecule has 146 valence electrons. The third-order valence-electron chi connectivity index (χ3n) is 4.08. The van der Waals surface area contributed by atoms with Crippen LogP contribution in [0.4, 0.5) is 0 Å². The zero-order chi connectivity index (χ0) is 20.4. The molecule has 0 aliphatic rings. The van der Waals surface area contributed by atoms with Crippen molar-refractivity contribution in [1.29, 1.82) is 0 Å². The fraction of sp³-hybridized carbons (Fsp3) is 0.105. The first kappa shape index (κ1) is 18.6. The van der Waals surface area contributed by atoms with Crippen LogP contribution in [0.3, 0.4) is 0 Å². The number of nitrogens with zero attached hydrogens (tertiary/aromatic N) is 5. The summed E-state index contributed by atoms with van der Waals surface area (Å²) < 4.78 is 12.9. The highest BCUT2D eigenvalue weighted by molar-refractivity contribution is 7.17. The number of thiazole rings is 1. The summed E-state index contributed by atoms with van der Waals surface area (Å²) in [5.74, 6) is 0.622. The van der Waals surface area contributed by atoms with E-state index in [2.05, 4.69) is 20.5 Å². The number of aryl methyl sites for hydroxylation is 1. The van der Waals surface area contributed by atoms with E-state index < -0.39 is 5.97 Å². The predicted octanol–water partition coefficient (Wildman–Crippen LogP) is 3.59. The lowest BCUT2D eigenvalue weighted by Gasteiger charge is -2.13. The van der Waals surface area contributed by atoms with Crippen LogP contribution >= 0.6 is 11.3 Å². The molecule has 0 unspecified atom stereocenters. The second-order valence-corrected chi connectivity index (χ2v) is 6.93. The second-order valence-electron chi connectivity index (χ2n) is 5.93. The number of aromatic carboxylic acids is 1. The van der Waals surface area contributed by atoms with E-state index >= 15 is 0 Å². The molecule has 4 aromatic rings. The van der Waals surface area contributed by atoms with Crippen LogP contribution in [0, 0.1) is 6.92 Å². The molecule has 1 N–H and O–H groups in total. The van der Waals surface area contributed by atoms with Gasteiger partial charge in [0.05, 0.1) is 12.8 Å². The molecule has 2 heterocycles. The fourth-order valence-electron chi connectivity index (χ4n) is 2.73. The summed E-state index contributed by atoms with van der Waals surface area (Å²) in [5.41, 5.74) is 1.77. The Morgan fingerprint density at radius 2 is 1.93 bits per heavy atom. The number of tetrazole rings is 1. The van der Waals surface area contributed by atoms with Gasteiger partial charge in [0.2, 0.25) is 0 Å². The molecule has 9 nitrogen and oxygen atoms in total. The third-order valence-corrected chi connectivity index (χ3v) is 5.28. The lowest BCUT2D eigenvalue weighted by Crippen LogP contribution is -2.00. The number of ether oxygens (including phenoxy) is 2. The van der Waals surface area contributed by atoms with E-state index in [0.29, 0.717) is 33.6 Å². The van der Waals surface area contributed by atoms with Gasteiger partial charge in [0, 0.05) is 5.56 Å². The van der Waals surface area contributed by atoms with Crippen molar-refractivity contribution in [3.05, 3.63) is 59.4 Å². The monoisotopic (exact) mass is 409 g/mol. The summed E-state index contributed by atoms with van der Waals surface area (Å²) in [6.07, 6.45) is 1.45. The van der Waals surface area contributed by atoms with E-state index in [4.69, 9.17) is 9.47 Å². The van der Waals surface area contributed by atoms with Gasteiger partial charge in [0.25, 0.3) is 0 Å². The highest BCUT2D eigenvalue weighted by Gasteiger charge is 2.18. The first-order chi connectivity index (χ1) is 14.1. The molecule has 0 aliphatic heterocycles. The third kappa shape index (κ3) is 3.65. The number of rotatable bonds is 6. The van der Waals surface area contributed by atoms with Gasteiger partial charge in [-0.3, -0.25) is 0 Å². The van der Waals surface area contributed by atoms with Crippen molar-refractivity contribution in [1.82, 2.24) is 25.2 Å². The van der Waals surface area contributed by atoms with Crippen molar-refractivity contribution in [2.24, 2.45) is 0 Å². The van der Waals surface area contributed by atoms with Crippen LogP contribution in [0.25, 0.3) is 16.3 Å². The summed E-state index contributed by atoms with van der Waals surface area (Å²) >= 11 is 1.11. The molecule has 0 atom stereocenters. The van der Waals surface area contributed by atoms with Crippen LogP contribution in [0.2, 0.25) is 0 Å². The first-order valence-electron chi connectivity index (χ1n) is 8.46. The Hall–Kier alpha value is -3.79. The predicted molar refractivity (Wildman–Crippen MR) is 105 cm³/mol. The standard InChI is InChI=1S/C19H15N5O4S/c1-11-17(19(25)26)29-18(21-11)12-7-8-14(13(9-12)24-10-20-22-23-24)28-16-6-4-3-5-15(16)27-2/h3-10H,1-2H3,(H,25,26). The van der Waals surface area contributed by atoms with Gasteiger partial charge >= 0.3 is 5.97 Å². The molecule has 0 radical (unpaired) electrons. The van der Waals surface area contributed by atoms with E-state index in [1.807, 2.05) is 18.2 Å². The van der Waals surface area contributed by atoms with E-state index in [-0.39, 0.29) is 4.88 Å². The fourth-order valence-corrected chi connectivity index (χ4v) is 3.63. The number of aromatic nitrogens is 5. The van der Waals surface area contributed by atoms with Gasteiger partial charge in [0.15, 0.2) is 17.2 Å². The summed E-state index contributed by atoms with van der Waals surface area (Å²) in [6, 6.07) is 12.6. The molecule has 2 aromatic heterocycles. The molecule has 0 saturated carbocycles. The Kier molecular flexibility index (Phi) is 4.92. The van der Waals surface area contributed by atoms with Crippen molar-refractivity contribution in [2.45, 2.75) is 6.92 Å². The number of para-hydroxylation sites is 2. The molecular formula is C19H15N5O4S. The second kappa shape index (κ2) is 7.68. The Morgan fingerprint density at radius 3 is 2.59 bits per heavy atom. The smallest absolute Gasteiger partial charge is 0.347 e. The number of hydrogen-bond acceptors (Lipinski definition) is 8. The first-order valence-corrected chi connectivity index (χ1v) is 9.28. The zero-order valence-electron chi connectivity index (χ0n) is 15.4. The van der Waals surface area contributed by atoms with Crippen molar-refractivity contribution in [2.75, 3.05) is 7.11 Å². The number of carboxylic acids is 1. The Labute approximate surface area is 169 Å².